The van der Waals surface area contributed by atoms with Crippen molar-refractivity contribution in [3.8, 4) is 28.8 Å². The molecule has 4 aromatic rings. The van der Waals surface area contributed by atoms with Crippen LogP contribution in [0.4, 0.5) is 4.79 Å². The SMILES string of the molecule is CC(C)(C)OC(=O)N1CCC(c2ccnc3c(C#N)[14c](-c4ccc(Oc5ccccc5)cc4)nn23)CC1. The van der Waals surface area contributed by atoms with Gasteiger partial charge in [-0.2, -0.15) is 10.4 Å². The number of hydrogen-bond acceptors (Lipinski definition) is 6. The highest BCUT2D eigenvalue weighted by molar-refractivity contribution is 5.75. The minimum absolute atomic E-state index is 0.185. The summed E-state index contributed by atoms with van der Waals surface area (Å²) in [5, 5.41) is 14.8. The first-order valence-corrected chi connectivity index (χ1v) is 12.4. The largest absolute Gasteiger partial charge is 0.457 e. The molecule has 8 nitrogen and oxygen atoms in total. The van der Waals surface area contributed by atoms with Crippen LogP contribution in [0.1, 0.15) is 50.8 Å². The Bertz CT molecular complexity index is 1440. The summed E-state index contributed by atoms with van der Waals surface area (Å²) in [5.41, 5.74) is 2.84. The van der Waals surface area contributed by atoms with E-state index in [1.807, 2.05) is 81.4 Å². The Morgan fingerprint density at radius 2 is 1.70 bits per heavy atom. The van der Waals surface area contributed by atoms with Crippen LogP contribution in [0.25, 0.3) is 16.9 Å². The number of benzene rings is 2. The first-order valence-electron chi connectivity index (χ1n) is 12.4. The molecule has 2 aromatic carbocycles. The maximum absolute atomic E-state index is 12.5. The van der Waals surface area contributed by atoms with E-state index in [1.165, 1.54) is 0 Å². The number of aromatic nitrogens is 3. The van der Waals surface area contributed by atoms with Crippen LogP contribution in [-0.4, -0.2) is 44.3 Å². The van der Waals surface area contributed by atoms with Crippen molar-refractivity contribution in [1.82, 2.24) is 19.5 Å². The van der Waals surface area contributed by atoms with Gasteiger partial charge in [0.1, 0.15) is 34.4 Å². The van der Waals surface area contributed by atoms with Gasteiger partial charge in [-0.1, -0.05) is 18.2 Å². The van der Waals surface area contributed by atoms with Gasteiger partial charge in [-0.15, -0.1) is 0 Å². The molecule has 5 rings (SSSR count). The molecule has 0 unspecified atom stereocenters. The van der Waals surface area contributed by atoms with Crippen molar-refractivity contribution in [3.05, 3.63) is 78.1 Å². The number of carbonyl (C=O) groups is 1. The number of nitrogens with zero attached hydrogens (tertiary/aromatic N) is 5. The molecule has 0 radical (unpaired) electrons. The van der Waals surface area contributed by atoms with Crippen molar-refractivity contribution >= 4 is 11.7 Å². The fraction of sp³-hybridized carbons (Fsp3) is 0.310. The first-order chi connectivity index (χ1) is 17.8. The lowest BCUT2D eigenvalue weighted by atomic mass is 9.93. The van der Waals surface area contributed by atoms with Gasteiger partial charge in [0, 0.05) is 36.5 Å². The predicted molar refractivity (Wildman–Crippen MR) is 139 cm³/mol. The van der Waals surface area contributed by atoms with Gasteiger partial charge in [-0.25, -0.2) is 14.3 Å². The number of amides is 1. The topological polar surface area (TPSA) is 92.8 Å². The summed E-state index contributed by atoms with van der Waals surface area (Å²) in [4.78, 5) is 18.7. The number of likely N-dealkylation sites (tertiary alicyclic amines) is 1. The normalized spacial score (nSPS) is 14.4. The summed E-state index contributed by atoms with van der Waals surface area (Å²) in [5.74, 6) is 1.64. The molecule has 1 aliphatic heterocycles. The lowest BCUT2D eigenvalue weighted by Crippen LogP contribution is -2.41. The van der Waals surface area contributed by atoms with Crippen molar-refractivity contribution in [2.75, 3.05) is 13.1 Å². The van der Waals surface area contributed by atoms with E-state index in [0.717, 1.165) is 29.8 Å². The standard InChI is InChI=1S/C29H29N5O3/c1-29(2,3)37-28(35)33-17-14-20(15-18-33)25-13-16-31-27-24(19-30)26(32-34(25)27)21-9-11-23(12-10-21)36-22-7-5-4-6-8-22/h4-13,16,20H,14-15,17-18H2,1-3H3/i26+2. The Kier molecular flexibility index (Phi) is 6.53. The smallest absolute Gasteiger partial charge is 0.410 e. The zero-order valence-electron chi connectivity index (χ0n) is 21.2. The van der Waals surface area contributed by atoms with E-state index >= 15 is 0 Å². The fourth-order valence-corrected chi connectivity index (χ4v) is 4.57. The molecule has 0 atom stereocenters. The highest BCUT2D eigenvalue weighted by Crippen LogP contribution is 2.33. The molecule has 0 aliphatic carbocycles. The van der Waals surface area contributed by atoms with Crippen LogP contribution in [0, 0.1) is 11.3 Å². The summed E-state index contributed by atoms with van der Waals surface area (Å²) in [6.07, 6.45) is 3.01. The van der Waals surface area contributed by atoms with Gasteiger partial charge in [0.2, 0.25) is 0 Å². The third-order valence-electron chi connectivity index (χ3n) is 6.33. The van der Waals surface area contributed by atoms with Gasteiger partial charge in [-0.05, 0) is 76.1 Å². The van der Waals surface area contributed by atoms with Crippen LogP contribution in [0.5, 0.6) is 11.5 Å². The van der Waals surface area contributed by atoms with Crippen LogP contribution in [0.15, 0.2) is 66.9 Å². The van der Waals surface area contributed by atoms with E-state index in [2.05, 4.69) is 11.1 Å². The molecule has 37 heavy (non-hydrogen) atoms. The van der Waals surface area contributed by atoms with Crippen molar-refractivity contribution < 1.29 is 14.3 Å². The van der Waals surface area contributed by atoms with Gasteiger partial charge >= 0.3 is 6.09 Å². The maximum Gasteiger partial charge on any atom is 0.410 e. The van der Waals surface area contributed by atoms with E-state index in [-0.39, 0.29) is 12.0 Å². The second kappa shape index (κ2) is 9.94. The molecular weight excluding hydrogens is 468 g/mol. The fourth-order valence-electron chi connectivity index (χ4n) is 4.57. The molecule has 0 saturated carbocycles. The number of piperidine rings is 1. The zero-order chi connectivity index (χ0) is 26.0. The van der Waals surface area contributed by atoms with Crippen LogP contribution >= 0.6 is 0 Å². The van der Waals surface area contributed by atoms with E-state index in [0.29, 0.717) is 35.7 Å². The molecule has 0 N–H and O–H groups in total. The van der Waals surface area contributed by atoms with Crippen LogP contribution in [0.3, 0.4) is 0 Å². The first kappa shape index (κ1) is 24.3. The molecule has 2 aromatic heterocycles. The minimum atomic E-state index is -0.518. The average Bonchev–Trinajstić information content (AvgIpc) is 3.28. The molecule has 188 valence electrons. The highest BCUT2D eigenvalue weighted by Gasteiger charge is 2.29. The minimum Gasteiger partial charge on any atom is -0.457 e. The Labute approximate surface area is 216 Å². The quantitative estimate of drug-likeness (QED) is 0.335. The van der Waals surface area contributed by atoms with Crippen molar-refractivity contribution in [2.45, 2.75) is 45.1 Å². The number of hydrogen-bond donors (Lipinski definition) is 0. The number of para-hydroxylation sites is 1. The molecule has 1 fully saturated rings. The summed E-state index contributed by atoms with van der Waals surface area (Å²) < 4.78 is 13.2. The highest BCUT2D eigenvalue weighted by atomic mass is 16.6. The van der Waals surface area contributed by atoms with Crippen LogP contribution < -0.4 is 4.74 Å². The number of carbonyl (C=O) groups excluding carboxylic acids is 1. The third kappa shape index (κ3) is 5.26. The van der Waals surface area contributed by atoms with Gasteiger partial charge in [0.25, 0.3) is 0 Å². The van der Waals surface area contributed by atoms with Crippen molar-refractivity contribution in [3.63, 3.8) is 0 Å². The summed E-state index contributed by atoms with van der Waals surface area (Å²) in [6.45, 7) is 6.82. The summed E-state index contributed by atoms with van der Waals surface area (Å²) in [7, 11) is 0. The van der Waals surface area contributed by atoms with Gasteiger partial charge in [0.15, 0.2) is 5.65 Å². The predicted octanol–water partition coefficient (Wildman–Crippen LogP) is 6.17. The zero-order valence-corrected chi connectivity index (χ0v) is 21.2. The van der Waals surface area contributed by atoms with Gasteiger partial charge in [0.05, 0.1) is 0 Å². The molecule has 8 heteroatoms. The van der Waals surface area contributed by atoms with Crippen LogP contribution in [0.2, 0.25) is 0 Å². The number of ether oxygens (including phenoxy) is 2. The Balaban J connectivity index is 1.38. The number of fused-ring (bicyclic) bond motifs is 1. The van der Waals surface area contributed by atoms with E-state index in [1.54, 1.807) is 15.6 Å². The van der Waals surface area contributed by atoms with E-state index in [4.69, 9.17) is 14.6 Å². The van der Waals surface area contributed by atoms with Crippen LogP contribution in [-0.2, 0) is 4.74 Å². The molecular formula is C29H29N5O3. The molecule has 1 amide bonds. The molecule has 0 spiro atoms. The summed E-state index contributed by atoms with van der Waals surface area (Å²) in [6, 6.07) is 21.4. The number of rotatable bonds is 4. The van der Waals surface area contributed by atoms with Crippen molar-refractivity contribution in [2.24, 2.45) is 0 Å². The Morgan fingerprint density at radius 1 is 1.03 bits per heavy atom. The second-order valence-electron chi connectivity index (χ2n) is 10.1. The van der Waals surface area contributed by atoms with E-state index < -0.39 is 5.60 Å². The molecule has 1 aliphatic rings. The Morgan fingerprint density at radius 3 is 2.35 bits per heavy atom. The molecule has 3 heterocycles. The van der Waals surface area contributed by atoms with E-state index in [9.17, 15) is 10.1 Å². The van der Waals surface area contributed by atoms with Gasteiger partial charge < -0.3 is 14.4 Å². The van der Waals surface area contributed by atoms with Gasteiger partial charge in [-0.3, -0.25) is 0 Å². The van der Waals surface area contributed by atoms with Crippen molar-refractivity contribution in [1.29, 1.82) is 5.26 Å². The lowest BCUT2D eigenvalue weighted by molar-refractivity contribution is 0.0203. The average molecular weight is 498 g/mol. The second-order valence-corrected chi connectivity index (χ2v) is 10.1. The monoisotopic (exact) mass is 497 g/mol. The Hall–Kier alpha value is -4.38. The molecule has 0 bridgehead atoms. The third-order valence-corrected chi connectivity index (χ3v) is 6.33. The molecule has 1 saturated heterocycles. The lowest BCUT2D eigenvalue weighted by Gasteiger charge is -2.33. The maximum atomic E-state index is 12.5. The number of nitriles is 1. The summed E-state index contributed by atoms with van der Waals surface area (Å²) >= 11 is 0.